The van der Waals surface area contributed by atoms with Crippen LogP contribution in [0.2, 0.25) is 0 Å². The second-order valence-corrected chi connectivity index (χ2v) is 1.83. The van der Waals surface area contributed by atoms with Gasteiger partial charge in [-0.15, -0.1) is 0 Å². The van der Waals surface area contributed by atoms with E-state index < -0.39 is 0 Å². The van der Waals surface area contributed by atoms with Crippen molar-refractivity contribution in [1.82, 2.24) is 5.32 Å². The van der Waals surface area contributed by atoms with Gasteiger partial charge in [0.1, 0.15) is 7.85 Å². The highest BCUT2D eigenvalue weighted by molar-refractivity contribution is 6.22. The van der Waals surface area contributed by atoms with Crippen molar-refractivity contribution < 1.29 is 4.74 Å². The van der Waals surface area contributed by atoms with Gasteiger partial charge >= 0.3 is 0 Å². The van der Waals surface area contributed by atoms with E-state index >= 15 is 0 Å². The minimum Gasteiger partial charge on any atom is -0.483 e. The zero-order valence-corrected chi connectivity index (χ0v) is 5.35. The minimum atomic E-state index is 0.680. The van der Waals surface area contributed by atoms with Crippen LogP contribution in [0.1, 0.15) is 0 Å². The molecule has 0 aromatic heterocycles. The first kappa shape index (κ1) is 6.27. The van der Waals surface area contributed by atoms with Gasteiger partial charge in [-0.3, -0.25) is 0 Å². The average molecular weight is 121 g/mol. The average Bonchev–Trinajstić information content (AvgIpc) is 1.90. The largest absolute Gasteiger partial charge is 0.483 e. The van der Waals surface area contributed by atoms with Crippen LogP contribution in [0.5, 0.6) is 0 Å². The van der Waals surface area contributed by atoms with Crippen molar-refractivity contribution in [2.45, 2.75) is 0 Å². The number of nitrogens with one attached hydrogen (secondary N) is 1. The Morgan fingerprint density at radius 3 is 2.89 bits per heavy atom. The molecule has 2 radical (unpaired) electrons. The maximum absolute atomic E-state index is 5.45. The van der Waals surface area contributed by atoms with Gasteiger partial charge < -0.3 is 10.1 Å². The predicted octanol–water partition coefficient (Wildman–Crippen LogP) is 0.130. The molecule has 1 N–H and O–H groups in total. The minimum absolute atomic E-state index is 0.680. The van der Waals surface area contributed by atoms with Gasteiger partial charge in [-0.25, -0.2) is 0 Å². The standard InChI is InChI=1S/C6H8BNO/c1-9-6-3-2-5(7)4-8-6/h2-3,8H,4H2,1H3. The smallest absolute Gasteiger partial charge is 0.186 e. The van der Waals surface area contributed by atoms with E-state index in [1.54, 1.807) is 13.2 Å². The summed E-state index contributed by atoms with van der Waals surface area (Å²) in [6, 6.07) is 0. The molecule has 0 aromatic carbocycles. The van der Waals surface area contributed by atoms with Crippen LogP contribution in [0.25, 0.3) is 0 Å². The van der Waals surface area contributed by atoms with Crippen molar-refractivity contribution in [3.8, 4) is 0 Å². The highest BCUT2D eigenvalue weighted by Crippen LogP contribution is 1.99. The van der Waals surface area contributed by atoms with Crippen LogP contribution in [0.15, 0.2) is 23.5 Å². The molecule has 0 unspecified atom stereocenters. The van der Waals surface area contributed by atoms with Crippen molar-refractivity contribution in [1.29, 1.82) is 0 Å². The Bertz CT molecular complexity index is 162. The third-order valence-electron chi connectivity index (χ3n) is 1.14. The third kappa shape index (κ3) is 1.52. The van der Waals surface area contributed by atoms with E-state index in [2.05, 4.69) is 5.32 Å². The normalized spacial score (nSPS) is 17.4. The van der Waals surface area contributed by atoms with Crippen LogP contribution < -0.4 is 5.32 Å². The molecule has 0 bridgehead atoms. The molecule has 0 fully saturated rings. The molecule has 1 aliphatic rings. The van der Waals surface area contributed by atoms with Crippen molar-refractivity contribution in [2.24, 2.45) is 0 Å². The quantitative estimate of drug-likeness (QED) is 0.498. The molecule has 0 saturated heterocycles. The summed E-state index contributed by atoms with van der Waals surface area (Å²) in [4.78, 5) is 0. The predicted molar refractivity (Wildman–Crippen MR) is 36.9 cm³/mol. The van der Waals surface area contributed by atoms with Crippen molar-refractivity contribution in [3.05, 3.63) is 23.5 Å². The molecule has 0 aliphatic carbocycles. The van der Waals surface area contributed by atoms with E-state index in [9.17, 15) is 0 Å². The fourth-order valence-electron chi connectivity index (χ4n) is 0.630. The van der Waals surface area contributed by atoms with E-state index in [4.69, 9.17) is 12.6 Å². The molecular formula is C6H8BNO. The second kappa shape index (κ2) is 2.62. The Balaban J connectivity index is 2.59. The summed E-state index contributed by atoms with van der Waals surface area (Å²) in [5.74, 6) is 0.768. The van der Waals surface area contributed by atoms with Crippen molar-refractivity contribution in [2.75, 3.05) is 13.7 Å². The summed E-state index contributed by atoms with van der Waals surface area (Å²) >= 11 is 0. The number of dihydropyridines is 1. The summed E-state index contributed by atoms with van der Waals surface area (Å²) in [6.07, 6.45) is 3.63. The Morgan fingerprint density at radius 1 is 1.67 bits per heavy atom. The van der Waals surface area contributed by atoms with E-state index in [1.165, 1.54) is 0 Å². The molecule has 0 atom stereocenters. The molecule has 0 saturated carbocycles. The van der Waals surface area contributed by atoms with E-state index in [1.807, 2.05) is 6.08 Å². The Hall–Kier alpha value is -0.855. The molecular weight excluding hydrogens is 113 g/mol. The fourth-order valence-corrected chi connectivity index (χ4v) is 0.630. The molecule has 0 amide bonds. The van der Waals surface area contributed by atoms with Crippen molar-refractivity contribution in [3.63, 3.8) is 0 Å². The number of methoxy groups -OCH3 is 1. The molecule has 0 aromatic rings. The first-order valence-corrected chi connectivity index (χ1v) is 2.77. The Morgan fingerprint density at radius 2 is 2.44 bits per heavy atom. The lowest BCUT2D eigenvalue weighted by Crippen LogP contribution is -2.20. The van der Waals surface area contributed by atoms with Gasteiger partial charge in [0.25, 0.3) is 0 Å². The first-order chi connectivity index (χ1) is 4.33. The summed E-state index contributed by atoms with van der Waals surface area (Å²) in [6.45, 7) is 0.680. The van der Waals surface area contributed by atoms with Gasteiger partial charge in [0, 0.05) is 6.54 Å². The van der Waals surface area contributed by atoms with Crippen LogP contribution in [0.4, 0.5) is 0 Å². The zero-order chi connectivity index (χ0) is 6.69. The summed E-state index contributed by atoms with van der Waals surface area (Å²) < 4.78 is 4.89. The monoisotopic (exact) mass is 121 g/mol. The Kier molecular flexibility index (Phi) is 1.83. The van der Waals surface area contributed by atoms with Gasteiger partial charge in [0.2, 0.25) is 0 Å². The SMILES string of the molecule is [B]C1=CC=C(OC)NC1. The van der Waals surface area contributed by atoms with Gasteiger partial charge in [-0.05, 0) is 6.08 Å². The van der Waals surface area contributed by atoms with Crippen molar-refractivity contribution >= 4 is 7.85 Å². The number of allylic oxidation sites excluding steroid dienone is 2. The molecule has 2 nitrogen and oxygen atoms in total. The lowest BCUT2D eigenvalue weighted by atomic mass is 9.94. The lowest BCUT2D eigenvalue weighted by Gasteiger charge is -2.12. The second-order valence-electron chi connectivity index (χ2n) is 1.83. The van der Waals surface area contributed by atoms with E-state index in [0.717, 1.165) is 11.4 Å². The van der Waals surface area contributed by atoms with Gasteiger partial charge in [0.05, 0.1) is 7.11 Å². The number of hydrogen-bond acceptors (Lipinski definition) is 2. The Labute approximate surface area is 56.0 Å². The van der Waals surface area contributed by atoms with E-state index in [0.29, 0.717) is 6.54 Å². The third-order valence-corrected chi connectivity index (χ3v) is 1.14. The molecule has 1 heterocycles. The topological polar surface area (TPSA) is 21.3 Å². The summed E-state index contributed by atoms with van der Waals surface area (Å²) in [5.41, 5.74) is 0.829. The highest BCUT2D eigenvalue weighted by atomic mass is 16.5. The molecule has 3 heteroatoms. The maximum Gasteiger partial charge on any atom is 0.186 e. The number of ether oxygens (including phenoxy) is 1. The molecule has 9 heavy (non-hydrogen) atoms. The maximum atomic E-state index is 5.45. The number of hydrogen-bond donors (Lipinski definition) is 1. The van der Waals surface area contributed by atoms with Gasteiger partial charge in [0.15, 0.2) is 5.88 Å². The molecule has 0 spiro atoms. The van der Waals surface area contributed by atoms with Crippen LogP contribution in [-0.2, 0) is 4.74 Å². The summed E-state index contributed by atoms with van der Waals surface area (Å²) in [7, 11) is 7.07. The molecule has 1 rings (SSSR count). The zero-order valence-electron chi connectivity index (χ0n) is 5.35. The van der Waals surface area contributed by atoms with Crippen LogP contribution in [0, 0.1) is 0 Å². The summed E-state index contributed by atoms with van der Waals surface area (Å²) in [5, 5.41) is 2.96. The molecule has 46 valence electrons. The highest BCUT2D eigenvalue weighted by Gasteiger charge is 1.98. The first-order valence-electron chi connectivity index (χ1n) is 2.77. The lowest BCUT2D eigenvalue weighted by molar-refractivity contribution is 0.263. The van der Waals surface area contributed by atoms with Gasteiger partial charge in [-0.1, -0.05) is 11.5 Å². The van der Waals surface area contributed by atoms with Crippen LogP contribution in [0.3, 0.4) is 0 Å². The van der Waals surface area contributed by atoms with E-state index in [-0.39, 0.29) is 0 Å². The fraction of sp³-hybridized carbons (Fsp3) is 0.333. The van der Waals surface area contributed by atoms with Gasteiger partial charge in [-0.2, -0.15) is 0 Å². The van der Waals surface area contributed by atoms with Crippen LogP contribution in [-0.4, -0.2) is 21.5 Å². The number of rotatable bonds is 1. The van der Waals surface area contributed by atoms with Crippen LogP contribution >= 0.6 is 0 Å². The molecule has 1 aliphatic heterocycles.